The van der Waals surface area contributed by atoms with Crippen LogP contribution < -0.4 is 27.4 Å². The molecule has 0 saturated heterocycles. The summed E-state index contributed by atoms with van der Waals surface area (Å²) in [6, 6.07) is 17.1. The number of hydrogen-bond donors (Lipinski definition) is 5. The van der Waals surface area contributed by atoms with E-state index in [2.05, 4.69) is 28.0 Å². The number of hydrogen-bond acceptors (Lipinski definition) is 8. The predicted molar refractivity (Wildman–Crippen MR) is 178 cm³/mol. The highest BCUT2D eigenvalue weighted by Crippen LogP contribution is 2.26. The van der Waals surface area contributed by atoms with Gasteiger partial charge in [-0.15, -0.1) is 0 Å². The van der Waals surface area contributed by atoms with Crippen molar-refractivity contribution in [2.24, 2.45) is 16.6 Å². The number of rotatable bonds is 17. The second-order valence-electron chi connectivity index (χ2n) is 10.8. The van der Waals surface area contributed by atoms with Crippen LogP contribution in [-0.4, -0.2) is 46.9 Å². The van der Waals surface area contributed by atoms with Gasteiger partial charge in [0.05, 0.1) is 24.3 Å². The van der Waals surface area contributed by atoms with Crippen LogP contribution in [0.1, 0.15) is 62.1 Å². The van der Waals surface area contributed by atoms with Gasteiger partial charge in [0.25, 0.3) is 0 Å². The Hall–Kier alpha value is -4.25. The van der Waals surface area contributed by atoms with Crippen LogP contribution in [0.2, 0.25) is 0 Å². The van der Waals surface area contributed by atoms with Gasteiger partial charge < -0.3 is 27.4 Å². The molecule has 0 fully saturated rings. The summed E-state index contributed by atoms with van der Waals surface area (Å²) in [4.78, 5) is 37.0. The van der Waals surface area contributed by atoms with Gasteiger partial charge in [0.2, 0.25) is 17.7 Å². The minimum atomic E-state index is -0.246. The van der Waals surface area contributed by atoms with Crippen molar-refractivity contribution < 1.29 is 14.4 Å². The molecule has 1 aliphatic rings. The first-order valence-electron chi connectivity index (χ1n) is 15.1. The number of unbranched alkanes of at least 4 members (excludes halogenated alkanes) is 2. The summed E-state index contributed by atoms with van der Waals surface area (Å²) in [5.74, 6) is -0.0927. The van der Waals surface area contributed by atoms with Crippen LogP contribution in [0.25, 0.3) is 0 Å². The zero-order chi connectivity index (χ0) is 31.7. The van der Waals surface area contributed by atoms with E-state index in [1.165, 1.54) is 0 Å². The number of amides is 3. The van der Waals surface area contributed by atoms with Gasteiger partial charge in [-0.1, -0.05) is 79.7 Å². The molecule has 2 aromatic rings. The molecule has 0 aliphatic carbocycles. The largest absolute Gasteiger partial charge is 0.402 e. The third-order valence-corrected chi connectivity index (χ3v) is 7.99. The van der Waals surface area contributed by atoms with Crippen LogP contribution >= 0.6 is 11.8 Å². The molecule has 7 N–H and O–H groups in total. The molecule has 11 heteroatoms. The summed E-state index contributed by atoms with van der Waals surface area (Å²) in [5, 5.41) is 15.9. The highest BCUT2D eigenvalue weighted by Gasteiger charge is 2.25. The average molecular weight is 620 g/mol. The summed E-state index contributed by atoms with van der Waals surface area (Å²) < 4.78 is 0. The van der Waals surface area contributed by atoms with Gasteiger partial charge in [0.15, 0.2) is 5.50 Å². The molecule has 1 atom stereocenters. The zero-order valence-corrected chi connectivity index (χ0v) is 26.5. The molecule has 1 heterocycles. The van der Waals surface area contributed by atoms with Gasteiger partial charge in [-0.2, -0.15) is 5.10 Å². The molecule has 3 amide bonds. The Morgan fingerprint density at radius 2 is 1.57 bits per heavy atom. The van der Waals surface area contributed by atoms with Crippen molar-refractivity contribution in [1.29, 1.82) is 0 Å². The third-order valence-electron chi connectivity index (χ3n) is 6.79. The van der Waals surface area contributed by atoms with E-state index in [0.29, 0.717) is 25.1 Å². The van der Waals surface area contributed by atoms with E-state index in [1.54, 1.807) is 28.9 Å². The Labute approximate surface area is 264 Å². The fraction of sp³-hybridized carbons (Fsp3) is 0.394. The monoisotopic (exact) mass is 619 g/mol. The van der Waals surface area contributed by atoms with Crippen molar-refractivity contribution in [3.8, 4) is 0 Å². The summed E-state index contributed by atoms with van der Waals surface area (Å²) in [6.45, 7) is 2.75. The Morgan fingerprint density at radius 3 is 2.30 bits per heavy atom. The van der Waals surface area contributed by atoms with Crippen LogP contribution in [0, 0.1) is 0 Å². The fourth-order valence-electron chi connectivity index (χ4n) is 4.48. The molecule has 236 valence electrons. The maximum Gasteiger partial charge on any atom is 0.229 e. The average Bonchev–Trinajstić information content (AvgIpc) is 3.33. The molecule has 2 aromatic carbocycles. The van der Waals surface area contributed by atoms with Crippen molar-refractivity contribution in [1.82, 2.24) is 21.0 Å². The van der Waals surface area contributed by atoms with E-state index in [9.17, 15) is 14.4 Å². The fourth-order valence-corrected chi connectivity index (χ4v) is 5.56. The third kappa shape index (κ3) is 12.9. The second kappa shape index (κ2) is 18.4. The lowest BCUT2D eigenvalue weighted by atomic mass is 10.1. The minimum absolute atomic E-state index is 0.0239. The number of carbonyl (C=O) groups is 3. The van der Waals surface area contributed by atoms with Crippen LogP contribution in [0.4, 0.5) is 0 Å². The Bertz CT molecular complexity index is 1340. The zero-order valence-electron chi connectivity index (χ0n) is 25.7. The molecular weight excluding hydrogens is 574 g/mol. The maximum atomic E-state index is 12.5. The van der Waals surface area contributed by atoms with E-state index < -0.39 is 0 Å². The van der Waals surface area contributed by atoms with Crippen molar-refractivity contribution in [2.45, 2.75) is 70.2 Å². The number of hydrazone groups is 1. The first-order chi connectivity index (χ1) is 21.2. The van der Waals surface area contributed by atoms with Crippen molar-refractivity contribution in [3.05, 3.63) is 95.0 Å². The lowest BCUT2D eigenvalue weighted by molar-refractivity contribution is -0.121. The van der Waals surface area contributed by atoms with Crippen molar-refractivity contribution in [2.75, 3.05) is 13.6 Å². The van der Waals surface area contributed by atoms with Gasteiger partial charge in [-0.25, -0.2) is 0 Å². The maximum absolute atomic E-state index is 12.5. The lowest BCUT2D eigenvalue weighted by Gasteiger charge is -2.19. The summed E-state index contributed by atoms with van der Waals surface area (Å²) in [5.41, 5.74) is 15.2. The lowest BCUT2D eigenvalue weighted by Crippen LogP contribution is -2.40. The number of carbonyl (C=O) groups excluding carboxylic acids is 3. The molecule has 44 heavy (non-hydrogen) atoms. The van der Waals surface area contributed by atoms with Crippen molar-refractivity contribution in [3.63, 3.8) is 0 Å². The summed E-state index contributed by atoms with van der Waals surface area (Å²) >= 11 is 1.56. The molecule has 0 bridgehead atoms. The van der Waals surface area contributed by atoms with Crippen LogP contribution in [-0.2, 0) is 33.6 Å². The smallest absolute Gasteiger partial charge is 0.229 e. The molecule has 1 unspecified atom stereocenters. The van der Waals surface area contributed by atoms with Gasteiger partial charge >= 0.3 is 0 Å². The van der Waals surface area contributed by atoms with Crippen molar-refractivity contribution >= 4 is 34.5 Å². The molecule has 0 radical (unpaired) electrons. The van der Waals surface area contributed by atoms with E-state index in [0.717, 1.165) is 53.8 Å². The normalized spacial score (nSPS) is 15.1. The SMILES string of the molecule is CCCCNC(=O)Cc1cccc(CC(=O)N/C(N)=C/C=C(\N)CCCCC2=NN(C)C(NC(=O)Cc3ccccc3)S2)c1. The highest BCUT2D eigenvalue weighted by molar-refractivity contribution is 8.14. The molecule has 3 rings (SSSR count). The topological polar surface area (TPSA) is 155 Å². The molecule has 1 aliphatic heterocycles. The van der Waals surface area contributed by atoms with Gasteiger partial charge in [-0.05, 0) is 60.9 Å². The molecular formula is C33H45N7O3S. The molecule has 10 nitrogen and oxygen atoms in total. The minimum Gasteiger partial charge on any atom is -0.402 e. The van der Waals surface area contributed by atoms with E-state index >= 15 is 0 Å². The van der Waals surface area contributed by atoms with Crippen LogP contribution in [0.15, 0.2) is 83.4 Å². The van der Waals surface area contributed by atoms with Gasteiger partial charge in [0, 0.05) is 19.3 Å². The quantitative estimate of drug-likeness (QED) is 0.134. The van der Waals surface area contributed by atoms with E-state index in [-0.39, 0.29) is 41.9 Å². The first-order valence-corrected chi connectivity index (χ1v) is 16.0. The Kier molecular flexibility index (Phi) is 14.3. The van der Waals surface area contributed by atoms with Crippen LogP contribution in [0.3, 0.4) is 0 Å². The number of allylic oxidation sites excluding steroid dienone is 3. The number of nitrogens with two attached hydrogens (primary N) is 2. The molecule has 0 saturated carbocycles. The molecule has 0 aromatic heterocycles. The number of benzene rings is 2. The second-order valence-corrected chi connectivity index (χ2v) is 11.9. The number of thioether (sulfide) groups is 1. The predicted octanol–water partition coefficient (Wildman–Crippen LogP) is 3.64. The first kappa shape index (κ1) is 34.2. The number of nitrogens with zero attached hydrogens (tertiary/aromatic N) is 2. The Balaban J connectivity index is 1.33. The number of nitrogens with one attached hydrogen (secondary N) is 3. The standard InChI is InChI=1S/C33H45N7O3S/c1-3-4-19-36-29(41)22-25-13-10-14-26(20-25)23-30(42)37-28(35)18-17-27(34)15-8-9-16-32-39-40(2)33(44-32)38-31(43)21-24-11-6-5-7-12-24/h5-7,10-14,17-18,20,33H,3-4,8-9,15-16,19,21-23,34-35H2,1-2H3,(H,36,41)(H,37,42)(H,38,43)/b27-17-,28-18+. The summed E-state index contributed by atoms with van der Waals surface area (Å²) in [6.07, 6.45) is 9.29. The summed E-state index contributed by atoms with van der Waals surface area (Å²) in [7, 11) is 1.86. The van der Waals surface area contributed by atoms with E-state index in [1.807, 2.05) is 61.6 Å². The van der Waals surface area contributed by atoms with Gasteiger partial charge in [-0.3, -0.25) is 19.4 Å². The Morgan fingerprint density at radius 1 is 0.886 bits per heavy atom. The van der Waals surface area contributed by atoms with Crippen LogP contribution in [0.5, 0.6) is 0 Å². The van der Waals surface area contributed by atoms with Gasteiger partial charge in [0.1, 0.15) is 5.82 Å². The van der Waals surface area contributed by atoms with E-state index in [4.69, 9.17) is 11.5 Å². The highest BCUT2D eigenvalue weighted by atomic mass is 32.2. The molecule has 0 spiro atoms.